The third-order valence-electron chi connectivity index (χ3n) is 5.14. The first-order valence-electron chi connectivity index (χ1n) is 9.46. The first-order chi connectivity index (χ1) is 12.8. The highest BCUT2D eigenvalue weighted by Crippen LogP contribution is 2.31. The van der Waals surface area contributed by atoms with Gasteiger partial charge < -0.3 is 5.32 Å². The van der Waals surface area contributed by atoms with Crippen molar-refractivity contribution in [3.63, 3.8) is 0 Å². The molecule has 1 fully saturated rings. The van der Waals surface area contributed by atoms with Gasteiger partial charge in [-0.05, 0) is 49.9 Å². The lowest BCUT2D eigenvalue weighted by atomic mass is 10.0. The maximum absolute atomic E-state index is 12.5. The van der Waals surface area contributed by atoms with Crippen LogP contribution in [0.3, 0.4) is 0 Å². The monoisotopic (exact) mass is 389 g/mol. The van der Waals surface area contributed by atoms with Crippen LogP contribution in [0.15, 0.2) is 24.3 Å². The summed E-state index contributed by atoms with van der Waals surface area (Å²) in [6.45, 7) is 6.77. The standard InChI is InChI=1S/C20H27N3O3S/c1-4-5-9-21-20(24)18-12-19(16-7-6-14(2)15(3)11-16)23(22-18)17-8-10-27(25,26)13-17/h6-7,11-12,17H,4-5,8-10,13H2,1-3H3,(H,21,24)/t17-/m0/s1. The Hall–Kier alpha value is -2.15. The van der Waals surface area contributed by atoms with Gasteiger partial charge in [0.15, 0.2) is 15.5 Å². The molecular weight excluding hydrogens is 362 g/mol. The lowest BCUT2D eigenvalue weighted by Gasteiger charge is -2.14. The van der Waals surface area contributed by atoms with Crippen molar-refractivity contribution in [3.05, 3.63) is 41.1 Å². The number of hydrogen-bond acceptors (Lipinski definition) is 4. The summed E-state index contributed by atoms with van der Waals surface area (Å²) in [7, 11) is -3.05. The van der Waals surface area contributed by atoms with Crippen molar-refractivity contribution < 1.29 is 13.2 Å². The average Bonchev–Trinajstić information content (AvgIpc) is 3.21. The summed E-state index contributed by atoms with van der Waals surface area (Å²) in [4.78, 5) is 12.5. The molecule has 6 nitrogen and oxygen atoms in total. The number of amides is 1. The minimum absolute atomic E-state index is 0.0728. The van der Waals surface area contributed by atoms with Crippen molar-refractivity contribution >= 4 is 15.7 Å². The summed E-state index contributed by atoms with van der Waals surface area (Å²) in [6.07, 6.45) is 2.44. The molecule has 1 saturated heterocycles. The van der Waals surface area contributed by atoms with Gasteiger partial charge in [-0.25, -0.2) is 8.42 Å². The van der Waals surface area contributed by atoms with Gasteiger partial charge in [-0.3, -0.25) is 9.48 Å². The predicted octanol–water partition coefficient (Wildman–Crippen LogP) is 3.06. The molecule has 0 saturated carbocycles. The van der Waals surface area contributed by atoms with E-state index in [1.807, 2.05) is 26.0 Å². The van der Waals surface area contributed by atoms with Crippen LogP contribution >= 0.6 is 0 Å². The van der Waals surface area contributed by atoms with E-state index in [2.05, 4.69) is 23.4 Å². The Bertz CT molecular complexity index is 947. The van der Waals surface area contributed by atoms with Gasteiger partial charge in [0.1, 0.15) is 0 Å². The number of carbonyl (C=O) groups excluding carboxylic acids is 1. The third-order valence-corrected chi connectivity index (χ3v) is 6.89. The second-order valence-electron chi connectivity index (χ2n) is 7.32. The van der Waals surface area contributed by atoms with E-state index in [1.165, 1.54) is 5.56 Å². The van der Waals surface area contributed by atoms with E-state index in [-0.39, 0.29) is 23.5 Å². The van der Waals surface area contributed by atoms with Crippen LogP contribution in [0.2, 0.25) is 0 Å². The maximum atomic E-state index is 12.5. The van der Waals surface area contributed by atoms with Gasteiger partial charge in [0, 0.05) is 12.1 Å². The fourth-order valence-corrected chi connectivity index (χ4v) is 5.03. The van der Waals surface area contributed by atoms with Crippen molar-refractivity contribution in [1.29, 1.82) is 0 Å². The van der Waals surface area contributed by atoms with Crippen LogP contribution in [0, 0.1) is 13.8 Å². The highest BCUT2D eigenvalue weighted by atomic mass is 32.2. The number of rotatable bonds is 6. The number of hydrogen-bond donors (Lipinski definition) is 1. The molecule has 2 aromatic rings. The summed E-state index contributed by atoms with van der Waals surface area (Å²) in [5, 5.41) is 7.39. The molecule has 1 aliphatic rings. The minimum atomic E-state index is -3.05. The van der Waals surface area contributed by atoms with Gasteiger partial charge >= 0.3 is 0 Å². The van der Waals surface area contributed by atoms with E-state index in [4.69, 9.17) is 0 Å². The van der Waals surface area contributed by atoms with Gasteiger partial charge in [-0.15, -0.1) is 0 Å². The van der Waals surface area contributed by atoms with Crippen LogP contribution < -0.4 is 5.32 Å². The van der Waals surface area contributed by atoms with Crippen LogP contribution in [0.1, 0.15) is 53.8 Å². The highest BCUT2D eigenvalue weighted by Gasteiger charge is 2.32. The number of nitrogens with one attached hydrogen (secondary N) is 1. The molecule has 1 aromatic carbocycles. The second-order valence-corrected chi connectivity index (χ2v) is 9.55. The van der Waals surface area contributed by atoms with E-state index in [0.29, 0.717) is 18.7 Å². The third kappa shape index (κ3) is 4.40. The van der Waals surface area contributed by atoms with Gasteiger partial charge in [-0.1, -0.05) is 25.5 Å². The highest BCUT2D eigenvalue weighted by molar-refractivity contribution is 7.91. The molecule has 2 heterocycles. The summed E-state index contributed by atoms with van der Waals surface area (Å²) in [6, 6.07) is 7.64. The number of benzene rings is 1. The predicted molar refractivity (Wildman–Crippen MR) is 107 cm³/mol. The number of nitrogens with zero attached hydrogens (tertiary/aromatic N) is 2. The molecule has 0 spiro atoms. The van der Waals surface area contributed by atoms with E-state index in [1.54, 1.807) is 10.7 Å². The van der Waals surface area contributed by atoms with Gasteiger partial charge in [0.25, 0.3) is 5.91 Å². The molecule has 1 aliphatic heterocycles. The van der Waals surface area contributed by atoms with Crippen molar-refractivity contribution in [2.45, 2.75) is 46.1 Å². The molecule has 7 heteroatoms. The number of sulfone groups is 1. The van der Waals surface area contributed by atoms with E-state index < -0.39 is 9.84 Å². The van der Waals surface area contributed by atoms with Gasteiger partial charge in [0.05, 0.1) is 23.2 Å². The zero-order chi connectivity index (χ0) is 19.6. The molecule has 146 valence electrons. The van der Waals surface area contributed by atoms with Gasteiger partial charge in [-0.2, -0.15) is 5.10 Å². The average molecular weight is 390 g/mol. The SMILES string of the molecule is CCCCNC(=O)c1cc(-c2ccc(C)c(C)c2)n([C@H]2CCS(=O)(=O)C2)n1. The fourth-order valence-electron chi connectivity index (χ4n) is 3.34. The quantitative estimate of drug-likeness (QED) is 0.770. The van der Waals surface area contributed by atoms with Crippen molar-refractivity contribution in [3.8, 4) is 11.3 Å². The molecule has 1 atom stereocenters. The number of carbonyl (C=O) groups is 1. The van der Waals surface area contributed by atoms with E-state index in [0.717, 1.165) is 29.7 Å². The number of aryl methyl sites for hydroxylation is 2. The zero-order valence-electron chi connectivity index (χ0n) is 16.2. The Kier molecular flexibility index (Phi) is 5.69. The summed E-state index contributed by atoms with van der Waals surface area (Å²) in [5.41, 5.74) is 4.41. The molecule has 0 unspecified atom stereocenters. The molecule has 1 aromatic heterocycles. The number of aromatic nitrogens is 2. The first-order valence-corrected chi connectivity index (χ1v) is 11.3. The number of unbranched alkanes of at least 4 members (excludes halogenated alkanes) is 1. The molecule has 1 amide bonds. The van der Waals surface area contributed by atoms with Crippen molar-refractivity contribution in [2.75, 3.05) is 18.1 Å². The van der Waals surface area contributed by atoms with E-state index in [9.17, 15) is 13.2 Å². The second kappa shape index (κ2) is 7.84. The van der Waals surface area contributed by atoms with Crippen molar-refractivity contribution in [1.82, 2.24) is 15.1 Å². The largest absolute Gasteiger partial charge is 0.351 e. The van der Waals surface area contributed by atoms with Gasteiger partial charge in [0.2, 0.25) is 0 Å². The summed E-state index contributed by atoms with van der Waals surface area (Å²) in [5.74, 6) is 0.0267. The van der Waals surface area contributed by atoms with E-state index >= 15 is 0 Å². The Morgan fingerprint density at radius 3 is 2.67 bits per heavy atom. The fraction of sp³-hybridized carbons (Fsp3) is 0.500. The molecule has 3 rings (SSSR count). The lowest BCUT2D eigenvalue weighted by molar-refractivity contribution is 0.0947. The Balaban J connectivity index is 1.99. The first kappa shape index (κ1) is 19.6. The van der Waals surface area contributed by atoms with Crippen LogP contribution in [0.25, 0.3) is 11.3 Å². The zero-order valence-corrected chi connectivity index (χ0v) is 17.0. The maximum Gasteiger partial charge on any atom is 0.271 e. The smallest absolute Gasteiger partial charge is 0.271 e. The van der Waals surface area contributed by atoms with Crippen molar-refractivity contribution in [2.24, 2.45) is 0 Å². The Labute approximate surface area is 160 Å². The molecule has 0 aliphatic carbocycles. The van der Waals surface area contributed by atoms with Crippen LogP contribution in [0.4, 0.5) is 0 Å². The molecule has 0 radical (unpaired) electrons. The lowest BCUT2D eigenvalue weighted by Crippen LogP contribution is -2.25. The Morgan fingerprint density at radius 2 is 2.04 bits per heavy atom. The molecule has 27 heavy (non-hydrogen) atoms. The van der Waals surface area contributed by atoms with Crippen LogP contribution in [0.5, 0.6) is 0 Å². The minimum Gasteiger partial charge on any atom is -0.351 e. The normalized spacial score (nSPS) is 18.6. The molecular formula is C20H27N3O3S. The molecule has 0 bridgehead atoms. The topological polar surface area (TPSA) is 81.1 Å². The molecule has 1 N–H and O–H groups in total. The van der Waals surface area contributed by atoms with Crippen LogP contribution in [-0.2, 0) is 9.84 Å². The Morgan fingerprint density at radius 1 is 1.26 bits per heavy atom. The summed E-state index contributed by atoms with van der Waals surface area (Å²) >= 11 is 0. The van der Waals surface area contributed by atoms with Crippen LogP contribution in [-0.4, -0.2) is 42.2 Å². The summed E-state index contributed by atoms with van der Waals surface area (Å²) < 4.78 is 25.7.